The van der Waals surface area contributed by atoms with E-state index in [4.69, 9.17) is 11.6 Å². The Labute approximate surface area is 131 Å². The van der Waals surface area contributed by atoms with E-state index in [0.717, 1.165) is 17.2 Å². The molecule has 1 N–H and O–H groups in total. The molecule has 3 rings (SSSR count). The van der Waals surface area contributed by atoms with E-state index in [0.29, 0.717) is 15.0 Å². The zero-order valence-electron chi connectivity index (χ0n) is 11.6. The lowest BCUT2D eigenvalue weighted by molar-refractivity contribution is 0.219. The standard InChI is InChI=1S/C15H14ClN3OS/c1-9-6-7-10(2)19(9)13-5-3-4-11(18-13)14(20)12-8-17-15(16)21-12/h3-8,14,20H,1-2H3. The Morgan fingerprint density at radius 3 is 2.52 bits per heavy atom. The Bertz CT molecular complexity index is 761. The minimum absolute atomic E-state index is 0.414. The summed E-state index contributed by atoms with van der Waals surface area (Å²) in [6, 6.07) is 9.71. The number of aryl methyl sites for hydroxylation is 2. The molecule has 108 valence electrons. The fourth-order valence-corrected chi connectivity index (χ4v) is 3.24. The number of aliphatic hydroxyl groups is 1. The maximum Gasteiger partial charge on any atom is 0.183 e. The summed E-state index contributed by atoms with van der Waals surface area (Å²) in [4.78, 5) is 9.21. The molecule has 3 heterocycles. The Morgan fingerprint density at radius 2 is 1.90 bits per heavy atom. The summed E-state index contributed by atoms with van der Waals surface area (Å²) in [6.45, 7) is 4.06. The quantitative estimate of drug-likeness (QED) is 0.801. The predicted molar refractivity (Wildman–Crippen MR) is 84.2 cm³/mol. The van der Waals surface area contributed by atoms with Crippen molar-refractivity contribution < 1.29 is 5.11 Å². The summed E-state index contributed by atoms with van der Waals surface area (Å²) in [5.41, 5.74) is 2.79. The van der Waals surface area contributed by atoms with E-state index in [9.17, 15) is 5.11 Å². The molecule has 4 nitrogen and oxygen atoms in total. The van der Waals surface area contributed by atoms with Crippen molar-refractivity contribution >= 4 is 22.9 Å². The molecule has 0 radical (unpaired) electrons. The lowest BCUT2D eigenvalue weighted by atomic mass is 10.2. The number of hydrogen-bond acceptors (Lipinski definition) is 4. The Balaban J connectivity index is 2.01. The molecule has 0 aromatic carbocycles. The van der Waals surface area contributed by atoms with E-state index in [1.54, 1.807) is 12.3 Å². The van der Waals surface area contributed by atoms with Crippen molar-refractivity contribution in [3.05, 3.63) is 63.0 Å². The van der Waals surface area contributed by atoms with Crippen LogP contribution >= 0.6 is 22.9 Å². The highest BCUT2D eigenvalue weighted by molar-refractivity contribution is 7.15. The van der Waals surface area contributed by atoms with E-state index in [-0.39, 0.29) is 0 Å². The van der Waals surface area contributed by atoms with Gasteiger partial charge in [-0.3, -0.25) is 0 Å². The summed E-state index contributed by atoms with van der Waals surface area (Å²) in [5, 5.41) is 10.4. The van der Waals surface area contributed by atoms with E-state index in [1.807, 2.05) is 38.1 Å². The van der Waals surface area contributed by atoms with Gasteiger partial charge in [-0.25, -0.2) is 9.97 Å². The average Bonchev–Trinajstić information content (AvgIpc) is 3.04. The molecule has 3 aromatic rings. The monoisotopic (exact) mass is 319 g/mol. The smallest absolute Gasteiger partial charge is 0.183 e. The highest BCUT2D eigenvalue weighted by Crippen LogP contribution is 2.28. The van der Waals surface area contributed by atoms with Crippen molar-refractivity contribution in [3.8, 4) is 5.82 Å². The van der Waals surface area contributed by atoms with Gasteiger partial charge in [0.25, 0.3) is 0 Å². The van der Waals surface area contributed by atoms with Crippen LogP contribution in [0.1, 0.15) is 28.1 Å². The van der Waals surface area contributed by atoms with Gasteiger partial charge in [-0.15, -0.1) is 11.3 Å². The molecule has 6 heteroatoms. The second kappa shape index (κ2) is 5.60. The Hall–Kier alpha value is -1.69. The van der Waals surface area contributed by atoms with Gasteiger partial charge in [-0.1, -0.05) is 17.7 Å². The highest BCUT2D eigenvalue weighted by Gasteiger charge is 2.16. The van der Waals surface area contributed by atoms with Crippen molar-refractivity contribution in [3.63, 3.8) is 0 Å². The normalized spacial score (nSPS) is 12.6. The molecular formula is C15H14ClN3OS. The van der Waals surface area contributed by atoms with Crippen LogP contribution < -0.4 is 0 Å². The van der Waals surface area contributed by atoms with Gasteiger partial charge in [-0.2, -0.15) is 0 Å². The van der Waals surface area contributed by atoms with Crippen LogP contribution in [-0.4, -0.2) is 19.6 Å². The van der Waals surface area contributed by atoms with Crippen LogP contribution in [0.15, 0.2) is 36.5 Å². The molecule has 1 unspecified atom stereocenters. The first kappa shape index (κ1) is 14.3. The molecule has 3 aromatic heterocycles. The van der Waals surface area contributed by atoms with Crippen LogP contribution in [0.3, 0.4) is 0 Å². The van der Waals surface area contributed by atoms with Gasteiger partial charge in [0.1, 0.15) is 11.9 Å². The summed E-state index contributed by atoms with van der Waals surface area (Å²) >= 11 is 7.08. The second-order valence-electron chi connectivity index (χ2n) is 4.79. The largest absolute Gasteiger partial charge is 0.381 e. The first-order valence-corrected chi connectivity index (χ1v) is 7.67. The maximum atomic E-state index is 10.4. The lowest BCUT2D eigenvalue weighted by Gasteiger charge is -2.12. The van der Waals surface area contributed by atoms with Crippen molar-refractivity contribution in [2.75, 3.05) is 0 Å². The van der Waals surface area contributed by atoms with Crippen LogP contribution in [0, 0.1) is 13.8 Å². The number of pyridine rings is 1. The van der Waals surface area contributed by atoms with Crippen molar-refractivity contribution in [2.24, 2.45) is 0 Å². The minimum Gasteiger partial charge on any atom is -0.381 e. The van der Waals surface area contributed by atoms with Gasteiger partial charge in [0.2, 0.25) is 0 Å². The van der Waals surface area contributed by atoms with Gasteiger partial charge >= 0.3 is 0 Å². The molecular weight excluding hydrogens is 306 g/mol. The summed E-state index contributed by atoms with van der Waals surface area (Å²) in [7, 11) is 0. The van der Waals surface area contributed by atoms with Crippen LogP contribution in [0.25, 0.3) is 5.82 Å². The topological polar surface area (TPSA) is 50.9 Å². The van der Waals surface area contributed by atoms with Crippen LogP contribution in [0.2, 0.25) is 4.47 Å². The predicted octanol–water partition coefficient (Wildman–Crippen LogP) is 3.68. The molecule has 0 spiro atoms. The molecule has 0 amide bonds. The van der Waals surface area contributed by atoms with Crippen LogP contribution in [0.5, 0.6) is 0 Å². The highest BCUT2D eigenvalue weighted by atomic mass is 35.5. The minimum atomic E-state index is -0.814. The summed E-state index contributed by atoms with van der Waals surface area (Å²) in [6.07, 6.45) is 0.768. The number of thiazole rings is 1. The van der Waals surface area contributed by atoms with E-state index < -0.39 is 6.10 Å². The lowest BCUT2D eigenvalue weighted by Crippen LogP contribution is -2.06. The molecule has 0 bridgehead atoms. The zero-order valence-corrected chi connectivity index (χ0v) is 13.2. The number of hydrogen-bond donors (Lipinski definition) is 1. The molecule has 0 fully saturated rings. The number of nitrogens with zero attached hydrogens (tertiary/aromatic N) is 3. The third-order valence-corrected chi connectivity index (χ3v) is 4.47. The first-order valence-electron chi connectivity index (χ1n) is 6.48. The number of halogens is 1. The van der Waals surface area contributed by atoms with Crippen molar-refractivity contribution in [2.45, 2.75) is 20.0 Å². The fourth-order valence-electron chi connectivity index (χ4n) is 2.28. The molecule has 1 atom stereocenters. The SMILES string of the molecule is Cc1ccc(C)n1-c1cccc(C(O)c2cnc(Cl)s2)n1. The van der Waals surface area contributed by atoms with Gasteiger partial charge in [-0.05, 0) is 38.1 Å². The Kier molecular flexibility index (Phi) is 3.80. The number of aliphatic hydroxyl groups excluding tert-OH is 1. The maximum absolute atomic E-state index is 10.4. The summed E-state index contributed by atoms with van der Waals surface area (Å²) < 4.78 is 2.47. The van der Waals surface area contributed by atoms with Crippen LogP contribution in [-0.2, 0) is 0 Å². The van der Waals surface area contributed by atoms with Gasteiger partial charge in [0, 0.05) is 17.6 Å². The third-order valence-electron chi connectivity index (χ3n) is 3.30. The summed E-state index contributed by atoms with van der Waals surface area (Å²) in [5.74, 6) is 0.794. The van der Waals surface area contributed by atoms with E-state index in [2.05, 4.69) is 14.5 Å². The van der Waals surface area contributed by atoms with Gasteiger partial charge < -0.3 is 9.67 Å². The van der Waals surface area contributed by atoms with Gasteiger partial charge in [0.15, 0.2) is 4.47 Å². The van der Waals surface area contributed by atoms with Gasteiger partial charge in [0.05, 0.1) is 10.6 Å². The first-order chi connectivity index (χ1) is 10.1. The fraction of sp³-hybridized carbons (Fsp3) is 0.200. The zero-order chi connectivity index (χ0) is 15.0. The molecule has 0 aliphatic carbocycles. The molecule has 0 aliphatic rings. The molecule has 0 saturated carbocycles. The third kappa shape index (κ3) is 2.72. The van der Waals surface area contributed by atoms with Crippen molar-refractivity contribution in [1.82, 2.24) is 14.5 Å². The van der Waals surface area contributed by atoms with Crippen LogP contribution in [0.4, 0.5) is 0 Å². The number of rotatable bonds is 3. The number of aromatic nitrogens is 3. The second-order valence-corrected chi connectivity index (χ2v) is 6.43. The average molecular weight is 320 g/mol. The Morgan fingerprint density at radius 1 is 1.19 bits per heavy atom. The molecule has 21 heavy (non-hydrogen) atoms. The van der Waals surface area contributed by atoms with E-state index in [1.165, 1.54) is 11.3 Å². The van der Waals surface area contributed by atoms with E-state index >= 15 is 0 Å². The van der Waals surface area contributed by atoms with Crippen molar-refractivity contribution in [1.29, 1.82) is 0 Å². The molecule has 0 aliphatic heterocycles. The molecule has 0 saturated heterocycles.